The summed E-state index contributed by atoms with van der Waals surface area (Å²) >= 11 is 0. The van der Waals surface area contributed by atoms with Crippen molar-refractivity contribution in [3.8, 4) is 11.1 Å². The average molecular weight is 336 g/mol. The molecule has 0 spiro atoms. The molecule has 2 aromatic carbocycles. The first-order valence-corrected chi connectivity index (χ1v) is 8.50. The van der Waals surface area contributed by atoms with Gasteiger partial charge in [-0.2, -0.15) is 0 Å². The molecule has 2 fully saturated rings. The van der Waals surface area contributed by atoms with Gasteiger partial charge in [0.15, 0.2) is 0 Å². The van der Waals surface area contributed by atoms with E-state index in [2.05, 4.69) is 5.32 Å². The zero-order valence-electron chi connectivity index (χ0n) is 13.8. The number of likely N-dealkylation sites (tertiary alicyclic amines) is 1. The molecule has 2 aliphatic heterocycles. The number of aliphatic carboxylic acids is 1. The van der Waals surface area contributed by atoms with E-state index in [4.69, 9.17) is 0 Å². The maximum absolute atomic E-state index is 13.1. The smallest absolute Gasteiger partial charge is 0.313 e. The van der Waals surface area contributed by atoms with E-state index in [-0.39, 0.29) is 18.4 Å². The second kappa shape index (κ2) is 6.01. The van der Waals surface area contributed by atoms with Gasteiger partial charge in [0.25, 0.3) is 5.91 Å². The van der Waals surface area contributed by atoms with E-state index >= 15 is 0 Å². The maximum Gasteiger partial charge on any atom is 0.313 e. The minimum Gasteiger partial charge on any atom is -0.481 e. The second-order valence-electron chi connectivity index (χ2n) is 6.89. The van der Waals surface area contributed by atoms with Gasteiger partial charge in [0, 0.05) is 37.7 Å². The third-order valence-corrected chi connectivity index (χ3v) is 5.48. The molecule has 2 saturated heterocycles. The number of carbonyl (C=O) groups excluding carboxylic acids is 1. The third-order valence-electron chi connectivity index (χ3n) is 5.48. The Morgan fingerprint density at radius 1 is 1.08 bits per heavy atom. The zero-order chi connectivity index (χ0) is 17.4. The summed E-state index contributed by atoms with van der Waals surface area (Å²) < 4.78 is 0. The lowest BCUT2D eigenvalue weighted by atomic mass is 9.81. The minimum atomic E-state index is -0.850. The van der Waals surface area contributed by atoms with Crippen molar-refractivity contribution in [2.24, 2.45) is 11.3 Å². The monoisotopic (exact) mass is 336 g/mol. The van der Waals surface area contributed by atoms with Crippen molar-refractivity contribution in [2.75, 3.05) is 26.2 Å². The van der Waals surface area contributed by atoms with Gasteiger partial charge in [-0.25, -0.2) is 0 Å². The van der Waals surface area contributed by atoms with Gasteiger partial charge in [0.2, 0.25) is 0 Å². The van der Waals surface area contributed by atoms with E-state index in [1.807, 2.05) is 54.6 Å². The molecular formula is C20H20N2O3. The predicted molar refractivity (Wildman–Crippen MR) is 94.2 cm³/mol. The quantitative estimate of drug-likeness (QED) is 0.901. The van der Waals surface area contributed by atoms with Gasteiger partial charge in [-0.05, 0) is 17.2 Å². The molecule has 2 atom stereocenters. The third kappa shape index (κ3) is 2.51. The molecule has 25 heavy (non-hydrogen) atoms. The Hall–Kier alpha value is -2.66. The highest BCUT2D eigenvalue weighted by Gasteiger charge is 2.56. The highest BCUT2D eigenvalue weighted by Crippen LogP contribution is 2.40. The number of nitrogens with one attached hydrogen (secondary N) is 1. The number of hydrogen-bond donors (Lipinski definition) is 2. The number of amides is 1. The number of hydrogen-bond acceptors (Lipinski definition) is 3. The lowest BCUT2D eigenvalue weighted by Crippen LogP contribution is -2.41. The van der Waals surface area contributed by atoms with Gasteiger partial charge >= 0.3 is 5.97 Å². The van der Waals surface area contributed by atoms with Gasteiger partial charge in [-0.15, -0.1) is 0 Å². The largest absolute Gasteiger partial charge is 0.481 e. The Morgan fingerprint density at radius 2 is 1.80 bits per heavy atom. The molecule has 5 heteroatoms. The fourth-order valence-corrected chi connectivity index (χ4v) is 4.09. The number of fused-ring (bicyclic) bond motifs is 1. The second-order valence-corrected chi connectivity index (χ2v) is 6.89. The van der Waals surface area contributed by atoms with E-state index in [0.29, 0.717) is 25.2 Å². The Labute approximate surface area is 146 Å². The van der Waals surface area contributed by atoms with E-state index in [0.717, 1.165) is 11.1 Å². The van der Waals surface area contributed by atoms with Crippen LogP contribution in [0.2, 0.25) is 0 Å². The molecule has 128 valence electrons. The normalized spacial score (nSPS) is 25.0. The molecule has 0 aliphatic carbocycles. The molecule has 0 bridgehead atoms. The van der Waals surface area contributed by atoms with Gasteiger partial charge in [-0.3, -0.25) is 9.59 Å². The maximum atomic E-state index is 13.1. The van der Waals surface area contributed by atoms with Crippen molar-refractivity contribution >= 4 is 11.9 Å². The Bertz CT molecular complexity index is 821. The fourth-order valence-electron chi connectivity index (χ4n) is 4.09. The molecule has 0 unspecified atom stereocenters. The number of carboxylic acids is 1. The molecule has 1 amide bonds. The van der Waals surface area contributed by atoms with Gasteiger partial charge in [0.1, 0.15) is 5.41 Å². The van der Waals surface area contributed by atoms with E-state index in [1.54, 1.807) is 4.90 Å². The van der Waals surface area contributed by atoms with Crippen LogP contribution in [0, 0.1) is 11.3 Å². The topological polar surface area (TPSA) is 69.6 Å². The molecule has 2 aromatic rings. The Morgan fingerprint density at radius 3 is 2.52 bits per heavy atom. The van der Waals surface area contributed by atoms with Crippen LogP contribution in [-0.4, -0.2) is 48.1 Å². The highest BCUT2D eigenvalue weighted by molar-refractivity contribution is 6.01. The summed E-state index contributed by atoms with van der Waals surface area (Å²) in [5, 5.41) is 12.9. The number of carbonyl (C=O) groups is 2. The van der Waals surface area contributed by atoms with E-state index < -0.39 is 11.4 Å². The van der Waals surface area contributed by atoms with Gasteiger partial charge < -0.3 is 15.3 Å². The summed E-state index contributed by atoms with van der Waals surface area (Å²) in [5.74, 6) is -0.929. The first kappa shape index (κ1) is 15.8. The van der Waals surface area contributed by atoms with Crippen LogP contribution in [0.1, 0.15) is 10.4 Å². The number of benzene rings is 2. The SMILES string of the molecule is O=C(c1ccccc1-c1ccccc1)N1C[C@@H]2CNC[C@]2(C(=O)O)C1. The van der Waals surface area contributed by atoms with Crippen molar-refractivity contribution in [1.82, 2.24) is 10.2 Å². The van der Waals surface area contributed by atoms with E-state index in [9.17, 15) is 14.7 Å². The fraction of sp³-hybridized carbons (Fsp3) is 0.300. The van der Waals surface area contributed by atoms with Crippen LogP contribution in [0.15, 0.2) is 54.6 Å². The molecule has 4 rings (SSSR count). The van der Waals surface area contributed by atoms with Crippen molar-refractivity contribution in [1.29, 1.82) is 0 Å². The average Bonchev–Trinajstić information content (AvgIpc) is 3.20. The van der Waals surface area contributed by atoms with Gasteiger partial charge in [-0.1, -0.05) is 48.5 Å². The first-order valence-electron chi connectivity index (χ1n) is 8.50. The predicted octanol–water partition coefficient (Wildman–Crippen LogP) is 2.10. The summed E-state index contributed by atoms with van der Waals surface area (Å²) in [7, 11) is 0. The van der Waals surface area contributed by atoms with Crippen molar-refractivity contribution in [3.63, 3.8) is 0 Å². The zero-order valence-corrected chi connectivity index (χ0v) is 13.8. The van der Waals surface area contributed by atoms with Crippen molar-refractivity contribution in [2.45, 2.75) is 0 Å². The standard InChI is InChI=1S/C20H20N2O3/c23-18(22-11-15-10-21-12-20(15,13-22)19(24)25)17-9-5-4-8-16(17)14-6-2-1-3-7-14/h1-9,15,21H,10-13H2,(H,24,25)/t15-,20-/m0/s1. The summed E-state index contributed by atoms with van der Waals surface area (Å²) in [4.78, 5) is 26.7. The van der Waals surface area contributed by atoms with Gasteiger partial charge in [0.05, 0.1) is 0 Å². The lowest BCUT2D eigenvalue weighted by molar-refractivity contribution is -0.148. The van der Waals surface area contributed by atoms with Crippen LogP contribution in [0.3, 0.4) is 0 Å². The van der Waals surface area contributed by atoms with E-state index in [1.165, 1.54) is 0 Å². The van der Waals surface area contributed by atoms with Crippen LogP contribution < -0.4 is 5.32 Å². The molecular weight excluding hydrogens is 316 g/mol. The summed E-state index contributed by atoms with van der Waals surface area (Å²) in [6.07, 6.45) is 0. The molecule has 2 heterocycles. The van der Waals surface area contributed by atoms with Crippen LogP contribution in [0.4, 0.5) is 0 Å². The molecule has 0 saturated carbocycles. The number of rotatable bonds is 3. The molecule has 2 aliphatic rings. The molecule has 0 radical (unpaired) electrons. The summed E-state index contributed by atoms with van der Waals surface area (Å²) in [6, 6.07) is 17.3. The summed E-state index contributed by atoms with van der Waals surface area (Å²) in [6.45, 7) is 1.83. The van der Waals surface area contributed by atoms with Crippen LogP contribution in [-0.2, 0) is 4.79 Å². The summed E-state index contributed by atoms with van der Waals surface area (Å²) in [5.41, 5.74) is 1.65. The van der Waals surface area contributed by atoms with Crippen LogP contribution >= 0.6 is 0 Å². The Kier molecular flexibility index (Phi) is 3.81. The molecule has 2 N–H and O–H groups in total. The van der Waals surface area contributed by atoms with Crippen LogP contribution in [0.5, 0.6) is 0 Å². The first-order chi connectivity index (χ1) is 12.1. The number of nitrogens with zero attached hydrogens (tertiary/aromatic N) is 1. The van der Waals surface area contributed by atoms with Crippen LogP contribution in [0.25, 0.3) is 11.1 Å². The Balaban J connectivity index is 1.66. The van der Waals surface area contributed by atoms with Crippen molar-refractivity contribution < 1.29 is 14.7 Å². The minimum absolute atomic E-state index is 0.0298. The molecule has 0 aromatic heterocycles. The number of carboxylic acid groups (broad SMARTS) is 1. The highest BCUT2D eigenvalue weighted by atomic mass is 16.4. The lowest BCUT2D eigenvalue weighted by Gasteiger charge is -2.23. The van der Waals surface area contributed by atoms with Crippen molar-refractivity contribution in [3.05, 3.63) is 60.2 Å². The molecule has 5 nitrogen and oxygen atoms in total.